The number of hydrogen-bond donors (Lipinski definition) is 0. The Kier molecular flexibility index (Phi) is 7.06. The number of benzene rings is 4. The molecule has 1 aromatic heterocycles. The van der Waals surface area contributed by atoms with Crippen LogP contribution in [0.4, 0.5) is 0 Å². The quantitative estimate of drug-likeness (QED) is 0.211. The number of carbonyl (C=O) groups excluding carboxylic acids is 1. The fourth-order valence-corrected chi connectivity index (χ4v) is 4.75. The van der Waals surface area contributed by atoms with Crippen molar-refractivity contribution in [2.75, 3.05) is 13.7 Å². The molecule has 0 saturated heterocycles. The summed E-state index contributed by atoms with van der Waals surface area (Å²) in [5, 5.41) is 1.82. The van der Waals surface area contributed by atoms with E-state index in [1.807, 2.05) is 24.3 Å². The molecule has 4 aromatic carbocycles. The van der Waals surface area contributed by atoms with Gasteiger partial charge in [-0.3, -0.25) is 0 Å². The number of nitrogens with zero attached hydrogens (tertiary/aromatic N) is 1. The maximum Gasteiger partial charge on any atom is 0.337 e. The average Bonchev–Trinajstić information content (AvgIpc) is 3.27. The minimum atomic E-state index is -0.363. The molecule has 36 heavy (non-hydrogen) atoms. The van der Waals surface area contributed by atoms with Crippen molar-refractivity contribution < 1.29 is 14.3 Å². The second kappa shape index (κ2) is 10.7. The largest absolute Gasteiger partial charge is 0.493 e. The second-order valence-corrected chi connectivity index (χ2v) is 9.00. The van der Waals surface area contributed by atoms with Crippen molar-refractivity contribution in [1.29, 1.82) is 0 Å². The van der Waals surface area contributed by atoms with Crippen LogP contribution in [-0.2, 0) is 11.2 Å². The molecule has 0 bridgehead atoms. The number of hydrogen-bond acceptors (Lipinski definition) is 3. The number of esters is 1. The first-order valence-corrected chi connectivity index (χ1v) is 12.2. The van der Waals surface area contributed by atoms with Crippen LogP contribution in [0, 0.1) is 0 Å². The summed E-state index contributed by atoms with van der Waals surface area (Å²) >= 11 is 6.42. The molecule has 5 heteroatoms. The van der Waals surface area contributed by atoms with Gasteiger partial charge in [0.2, 0.25) is 0 Å². The molecule has 0 saturated carbocycles. The van der Waals surface area contributed by atoms with Gasteiger partial charge in [0, 0.05) is 28.5 Å². The van der Waals surface area contributed by atoms with Crippen LogP contribution in [0.25, 0.3) is 10.9 Å². The molecule has 0 unspecified atom stereocenters. The van der Waals surface area contributed by atoms with Gasteiger partial charge >= 0.3 is 5.97 Å². The van der Waals surface area contributed by atoms with E-state index in [0.717, 1.165) is 16.5 Å². The number of methoxy groups -OCH3 is 1. The van der Waals surface area contributed by atoms with Crippen LogP contribution in [0.1, 0.15) is 33.1 Å². The molecule has 1 heterocycles. The van der Waals surface area contributed by atoms with E-state index >= 15 is 0 Å². The lowest BCUT2D eigenvalue weighted by atomic mass is 9.98. The lowest BCUT2D eigenvalue weighted by Crippen LogP contribution is -2.11. The summed E-state index contributed by atoms with van der Waals surface area (Å²) in [6, 6.07) is 34.1. The molecule has 0 aliphatic heterocycles. The highest BCUT2D eigenvalue weighted by atomic mass is 35.5. The number of rotatable bonds is 8. The first kappa shape index (κ1) is 23.7. The van der Waals surface area contributed by atoms with E-state index in [9.17, 15) is 4.79 Å². The highest BCUT2D eigenvalue weighted by Crippen LogP contribution is 2.34. The molecule has 4 nitrogen and oxygen atoms in total. The van der Waals surface area contributed by atoms with Gasteiger partial charge in [-0.05, 0) is 59.2 Å². The van der Waals surface area contributed by atoms with Crippen molar-refractivity contribution in [3.05, 3.63) is 137 Å². The van der Waals surface area contributed by atoms with Crippen LogP contribution in [0.3, 0.4) is 0 Å². The van der Waals surface area contributed by atoms with E-state index in [-0.39, 0.29) is 12.0 Å². The van der Waals surface area contributed by atoms with Gasteiger partial charge in [0.25, 0.3) is 0 Å². The SMILES string of the molecule is COC(=O)c1ccc(OCCc2cn(C(c3ccccc3)c3ccccc3)c3ccc(Cl)cc23)cc1. The summed E-state index contributed by atoms with van der Waals surface area (Å²) in [5.41, 5.74) is 5.20. The first-order valence-electron chi connectivity index (χ1n) is 11.8. The van der Waals surface area contributed by atoms with Gasteiger partial charge in [-0.2, -0.15) is 0 Å². The Labute approximate surface area is 215 Å². The first-order chi connectivity index (χ1) is 17.6. The standard InChI is InChI=1S/C31H26ClNO3/c1-35-31(34)24-12-15-27(16-13-24)36-19-18-25-21-33(29-17-14-26(32)20-28(25)29)30(22-8-4-2-5-9-22)23-10-6-3-7-11-23/h2-17,20-21,30H,18-19H2,1H3. The smallest absolute Gasteiger partial charge is 0.337 e. The van der Waals surface area contributed by atoms with Crippen molar-refractivity contribution in [3.63, 3.8) is 0 Å². The maximum absolute atomic E-state index is 11.7. The van der Waals surface area contributed by atoms with E-state index < -0.39 is 0 Å². The minimum Gasteiger partial charge on any atom is -0.493 e. The molecule has 0 aliphatic carbocycles. The third kappa shape index (κ3) is 5.00. The summed E-state index contributed by atoms with van der Waals surface area (Å²) in [6.07, 6.45) is 2.92. The van der Waals surface area contributed by atoms with Crippen molar-refractivity contribution in [2.24, 2.45) is 0 Å². The van der Waals surface area contributed by atoms with Crippen molar-refractivity contribution in [2.45, 2.75) is 12.5 Å². The summed E-state index contributed by atoms with van der Waals surface area (Å²) in [7, 11) is 1.37. The molecular weight excluding hydrogens is 470 g/mol. The zero-order chi connectivity index (χ0) is 24.9. The number of ether oxygens (including phenoxy) is 2. The van der Waals surface area contributed by atoms with Crippen LogP contribution in [0.5, 0.6) is 5.75 Å². The van der Waals surface area contributed by atoms with Crippen molar-refractivity contribution in [3.8, 4) is 5.75 Å². The third-order valence-corrected chi connectivity index (χ3v) is 6.54. The van der Waals surface area contributed by atoms with Crippen LogP contribution < -0.4 is 4.74 Å². The minimum absolute atomic E-state index is 0.0246. The lowest BCUT2D eigenvalue weighted by Gasteiger charge is -2.21. The Morgan fingerprint density at radius 3 is 2.11 bits per heavy atom. The zero-order valence-corrected chi connectivity index (χ0v) is 20.7. The van der Waals surface area contributed by atoms with E-state index in [4.69, 9.17) is 21.1 Å². The molecule has 0 aliphatic rings. The van der Waals surface area contributed by atoms with Gasteiger partial charge in [-0.1, -0.05) is 72.3 Å². The highest BCUT2D eigenvalue weighted by molar-refractivity contribution is 6.31. The third-order valence-electron chi connectivity index (χ3n) is 6.30. The Balaban J connectivity index is 1.46. The number of halogens is 1. The number of carbonyl (C=O) groups is 1. The van der Waals surface area contributed by atoms with Gasteiger partial charge < -0.3 is 14.0 Å². The summed E-state index contributed by atoms with van der Waals surface area (Å²) in [6.45, 7) is 0.491. The Morgan fingerprint density at radius 1 is 0.861 bits per heavy atom. The second-order valence-electron chi connectivity index (χ2n) is 8.56. The van der Waals surface area contributed by atoms with Crippen LogP contribution >= 0.6 is 11.6 Å². The topological polar surface area (TPSA) is 40.5 Å². The number of aromatic nitrogens is 1. The van der Waals surface area contributed by atoms with Gasteiger partial charge in [0.05, 0.1) is 25.3 Å². The van der Waals surface area contributed by atoms with Crippen LogP contribution in [0.2, 0.25) is 5.02 Å². The average molecular weight is 496 g/mol. The predicted molar refractivity (Wildman–Crippen MR) is 144 cm³/mol. The Hall–Kier alpha value is -4.02. The summed E-state index contributed by atoms with van der Waals surface area (Å²) < 4.78 is 13.1. The van der Waals surface area contributed by atoms with Gasteiger partial charge in [-0.15, -0.1) is 0 Å². The Morgan fingerprint density at radius 2 is 1.50 bits per heavy atom. The van der Waals surface area contributed by atoms with Gasteiger partial charge in [0.15, 0.2) is 0 Å². The van der Waals surface area contributed by atoms with Crippen molar-refractivity contribution in [1.82, 2.24) is 4.57 Å². The fourth-order valence-electron chi connectivity index (χ4n) is 4.58. The van der Waals surface area contributed by atoms with Gasteiger partial charge in [0.1, 0.15) is 5.75 Å². The monoisotopic (exact) mass is 495 g/mol. The van der Waals surface area contributed by atoms with E-state index in [0.29, 0.717) is 29.4 Å². The lowest BCUT2D eigenvalue weighted by molar-refractivity contribution is 0.0600. The van der Waals surface area contributed by atoms with Crippen LogP contribution in [0.15, 0.2) is 109 Å². The molecular formula is C31H26ClNO3. The molecule has 5 aromatic rings. The molecule has 0 fully saturated rings. The van der Waals surface area contributed by atoms with Gasteiger partial charge in [-0.25, -0.2) is 4.79 Å². The van der Waals surface area contributed by atoms with Crippen molar-refractivity contribution >= 4 is 28.5 Å². The molecule has 0 spiro atoms. The Bertz CT molecular complexity index is 1420. The molecule has 5 rings (SSSR count). The molecule has 180 valence electrons. The molecule has 0 radical (unpaired) electrons. The van der Waals surface area contributed by atoms with E-state index in [1.54, 1.807) is 24.3 Å². The maximum atomic E-state index is 11.7. The fraction of sp³-hybridized carbons (Fsp3) is 0.129. The molecule has 0 N–H and O–H groups in total. The summed E-state index contributed by atoms with van der Waals surface area (Å²) in [5.74, 6) is 0.341. The number of fused-ring (bicyclic) bond motifs is 1. The normalized spacial score (nSPS) is 11.1. The summed E-state index contributed by atoms with van der Waals surface area (Å²) in [4.78, 5) is 11.7. The molecule has 0 atom stereocenters. The van der Waals surface area contributed by atoms with E-state index in [1.165, 1.54) is 18.2 Å². The zero-order valence-electron chi connectivity index (χ0n) is 19.9. The van der Waals surface area contributed by atoms with E-state index in [2.05, 4.69) is 65.4 Å². The van der Waals surface area contributed by atoms with Crippen LogP contribution in [-0.4, -0.2) is 24.3 Å². The predicted octanol–water partition coefficient (Wildman–Crippen LogP) is 7.34. The highest BCUT2D eigenvalue weighted by Gasteiger charge is 2.20. The molecule has 0 amide bonds.